The fourth-order valence-electron chi connectivity index (χ4n) is 4.56. The molecule has 23 heteroatoms. The average Bonchev–Trinajstić information content (AvgIpc) is 3.82. The van der Waals surface area contributed by atoms with Crippen molar-refractivity contribution in [1.29, 1.82) is 0 Å². The molecule has 2 amide bonds. The number of thiazole rings is 1. The Morgan fingerprint density at radius 3 is 2.77 bits per heavy atom. The molecule has 250 valence electrons. The second kappa shape index (κ2) is 13.5. The Balaban J connectivity index is 1.15. The van der Waals surface area contributed by atoms with E-state index in [0.717, 1.165) is 16.2 Å². The van der Waals surface area contributed by atoms with Gasteiger partial charge in [-0.1, -0.05) is 45.3 Å². The maximum absolute atomic E-state index is 13.4. The molecule has 2 atom stereocenters. The molecule has 3 aromatic heterocycles. The third kappa shape index (κ3) is 6.33. The van der Waals surface area contributed by atoms with Gasteiger partial charge in [0.2, 0.25) is 5.16 Å². The van der Waals surface area contributed by atoms with Crippen LogP contribution >= 0.6 is 58.1 Å². The summed E-state index contributed by atoms with van der Waals surface area (Å²) in [4.78, 5) is 49.5. The van der Waals surface area contributed by atoms with E-state index in [1.54, 1.807) is 7.05 Å². The fourth-order valence-corrected chi connectivity index (χ4v) is 7.88. The number of β-lactam (4-membered cyclic amide) rings is 1. The predicted octanol–water partition coefficient (Wildman–Crippen LogP) is 2.07. The first-order valence-electron chi connectivity index (χ1n) is 13.3. The van der Waals surface area contributed by atoms with Crippen molar-refractivity contribution in [2.24, 2.45) is 12.2 Å². The number of carbonyl (C=O) groups excluding carboxylic acids is 2. The van der Waals surface area contributed by atoms with Gasteiger partial charge in [0.1, 0.15) is 28.5 Å². The van der Waals surface area contributed by atoms with Gasteiger partial charge in [0, 0.05) is 35.6 Å². The molecule has 0 radical (unpaired) electrons. The normalized spacial score (nSPS) is 17.7. The van der Waals surface area contributed by atoms with Gasteiger partial charge in [0.15, 0.2) is 34.7 Å². The molecule has 1 fully saturated rings. The zero-order chi connectivity index (χ0) is 34.3. The van der Waals surface area contributed by atoms with Gasteiger partial charge in [0.25, 0.3) is 11.8 Å². The largest absolute Gasteiger partial charge is 0.503 e. The Morgan fingerprint density at radius 1 is 1.29 bits per heavy atom. The van der Waals surface area contributed by atoms with Crippen molar-refractivity contribution in [2.75, 3.05) is 17.2 Å². The maximum atomic E-state index is 13.4. The van der Waals surface area contributed by atoms with E-state index >= 15 is 0 Å². The third-order valence-corrected chi connectivity index (χ3v) is 10.6. The minimum absolute atomic E-state index is 0.0675. The Morgan fingerprint density at radius 2 is 2.08 bits per heavy atom. The van der Waals surface area contributed by atoms with E-state index in [4.69, 9.17) is 38.3 Å². The average molecular weight is 756 g/mol. The number of aromatic hydroxyl groups is 2. The number of carbonyl (C=O) groups is 3. The smallest absolute Gasteiger partial charge is 0.352 e. The van der Waals surface area contributed by atoms with Crippen molar-refractivity contribution in [2.45, 2.75) is 23.2 Å². The first-order chi connectivity index (χ1) is 22.9. The van der Waals surface area contributed by atoms with Gasteiger partial charge in [-0.2, -0.15) is 0 Å². The summed E-state index contributed by atoms with van der Waals surface area (Å²) in [5, 5.41) is 52.4. The number of phenols is 2. The van der Waals surface area contributed by atoms with Gasteiger partial charge in [0.05, 0.1) is 10.0 Å². The number of nitrogens with zero attached hydrogens (tertiary/aromatic N) is 8. The van der Waals surface area contributed by atoms with E-state index in [-0.39, 0.29) is 67.4 Å². The molecule has 6 N–H and O–H groups in total. The van der Waals surface area contributed by atoms with Crippen LogP contribution < -0.4 is 11.1 Å². The van der Waals surface area contributed by atoms with Crippen LogP contribution in [0.1, 0.15) is 11.5 Å². The SMILES string of the molecule is Cn1nnnc1SCC1=C(C(=O)O)N2C(=O)[C@@H](NC(=O)/C(=N/OCc3cc(-c4cc(Cl)c(O)c(O)c4Cl)no3)c3csc(N)n3)[C@H]2SC1. The van der Waals surface area contributed by atoms with Gasteiger partial charge in [-0.3, -0.25) is 14.5 Å². The number of hydrogen-bond acceptors (Lipinski definition) is 17. The van der Waals surface area contributed by atoms with Crippen LogP contribution in [0.15, 0.2) is 43.6 Å². The van der Waals surface area contributed by atoms with E-state index in [1.807, 2.05) is 0 Å². The number of halogens is 2. The minimum atomic E-state index is -1.28. The first kappa shape index (κ1) is 33.3. The predicted molar refractivity (Wildman–Crippen MR) is 172 cm³/mol. The monoisotopic (exact) mass is 754 g/mol. The zero-order valence-electron chi connectivity index (χ0n) is 24.0. The lowest BCUT2D eigenvalue weighted by molar-refractivity contribution is -0.150. The molecule has 0 unspecified atom stereocenters. The highest BCUT2D eigenvalue weighted by Gasteiger charge is 2.54. The van der Waals surface area contributed by atoms with Gasteiger partial charge in [-0.15, -0.1) is 28.2 Å². The highest BCUT2D eigenvalue weighted by Crippen LogP contribution is 2.45. The van der Waals surface area contributed by atoms with Crippen LogP contribution in [-0.4, -0.2) is 97.0 Å². The lowest BCUT2D eigenvalue weighted by atomic mass is 10.0. The number of carboxylic acids is 1. The molecule has 4 aromatic rings. The number of aromatic nitrogens is 6. The Labute approximate surface area is 290 Å². The summed E-state index contributed by atoms with van der Waals surface area (Å²) >= 11 is 15.6. The third-order valence-electron chi connectivity index (χ3n) is 6.84. The maximum Gasteiger partial charge on any atom is 0.352 e. The summed E-state index contributed by atoms with van der Waals surface area (Å²) in [7, 11) is 1.65. The van der Waals surface area contributed by atoms with Crippen molar-refractivity contribution in [3.63, 3.8) is 0 Å². The number of aliphatic carboxylic acids is 1. The summed E-state index contributed by atoms with van der Waals surface area (Å²) in [5.41, 5.74) is 6.21. The number of hydrogen-bond donors (Lipinski definition) is 5. The Kier molecular flexibility index (Phi) is 9.38. The van der Waals surface area contributed by atoms with Crippen molar-refractivity contribution in [3.8, 4) is 22.8 Å². The number of nitrogens with one attached hydrogen (secondary N) is 1. The zero-order valence-corrected chi connectivity index (χ0v) is 28.0. The second-order valence-electron chi connectivity index (χ2n) is 9.87. The topological polar surface area (TPSA) is 257 Å². The highest BCUT2D eigenvalue weighted by atomic mass is 35.5. The lowest BCUT2D eigenvalue weighted by Crippen LogP contribution is -2.71. The first-order valence-corrected chi connectivity index (χ1v) is 16.9. The molecule has 2 aliphatic heterocycles. The Hall–Kier alpha value is -4.57. The summed E-state index contributed by atoms with van der Waals surface area (Å²) in [6.45, 7) is -0.328. The molecule has 5 heterocycles. The Bertz CT molecular complexity index is 2010. The number of anilines is 1. The van der Waals surface area contributed by atoms with Gasteiger partial charge < -0.3 is 35.7 Å². The number of carboxylic acid groups (broad SMARTS) is 1. The number of fused-ring (bicyclic) bond motifs is 1. The van der Waals surface area contributed by atoms with Gasteiger partial charge >= 0.3 is 5.97 Å². The van der Waals surface area contributed by atoms with E-state index < -0.39 is 40.7 Å². The van der Waals surface area contributed by atoms with Crippen LogP contribution in [-0.2, 0) is 32.9 Å². The summed E-state index contributed by atoms with van der Waals surface area (Å²) < 4.78 is 6.69. The second-order valence-corrected chi connectivity index (χ2v) is 13.6. The number of aryl methyl sites for hydroxylation is 1. The number of phenolic OH excluding ortho intramolecular Hbond substituents is 2. The molecule has 0 bridgehead atoms. The van der Waals surface area contributed by atoms with Gasteiger partial charge in [-0.25, -0.2) is 14.5 Å². The molecule has 18 nitrogen and oxygen atoms in total. The van der Waals surface area contributed by atoms with E-state index in [9.17, 15) is 29.7 Å². The molecule has 6 rings (SSSR count). The number of rotatable bonds is 11. The number of nitrogens with two attached hydrogens (primary N) is 1. The van der Waals surface area contributed by atoms with Crippen molar-refractivity contribution in [3.05, 3.63) is 50.3 Å². The molecular weight excluding hydrogens is 735 g/mol. The summed E-state index contributed by atoms with van der Waals surface area (Å²) in [6, 6.07) is 1.64. The molecule has 0 aliphatic carbocycles. The molecule has 0 spiro atoms. The molecule has 1 saturated heterocycles. The van der Waals surface area contributed by atoms with E-state index in [2.05, 4.69) is 36.1 Å². The van der Waals surface area contributed by atoms with Crippen LogP contribution in [0.25, 0.3) is 11.3 Å². The molecular formula is C25H20Cl2N10O8S3. The minimum Gasteiger partial charge on any atom is -0.503 e. The van der Waals surface area contributed by atoms with Gasteiger partial charge in [-0.05, 0) is 22.1 Å². The van der Waals surface area contributed by atoms with Crippen LogP contribution in [0.5, 0.6) is 11.5 Å². The number of oxime groups is 1. The molecule has 48 heavy (non-hydrogen) atoms. The quantitative estimate of drug-likeness (QED) is 0.0483. The molecule has 0 saturated carbocycles. The van der Waals surface area contributed by atoms with Crippen LogP contribution in [0.3, 0.4) is 0 Å². The standard InChI is InChI=1S/C25H20Cl2N10O8S3/c1-36-25(31-34-35-36)48-6-8-5-46-22-16(21(41)37(22)17(8)23(42)43)30-20(40)15(13-7-47-24(28)29-13)33-44-4-9-2-12(32-45-9)10-3-11(26)18(38)19(39)14(10)27/h2-3,7,16,22,38-39H,4-6H2,1H3,(H2,28,29)(H,30,40)(H,42,43)/b33-15+/t16-,22-/m1/s1. The highest BCUT2D eigenvalue weighted by molar-refractivity contribution is 8.01. The number of benzene rings is 1. The van der Waals surface area contributed by atoms with Crippen molar-refractivity contribution < 1.29 is 39.1 Å². The van der Waals surface area contributed by atoms with Crippen LogP contribution in [0, 0.1) is 0 Å². The van der Waals surface area contributed by atoms with Crippen LogP contribution in [0.2, 0.25) is 10.0 Å². The molecule has 2 aliphatic rings. The number of nitrogen functional groups attached to an aromatic ring is 1. The lowest BCUT2D eigenvalue weighted by Gasteiger charge is -2.49. The fraction of sp³-hybridized carbons (Fsp3) is 0.240. The molecule has 1 aromatic carbocycles. The number of tetrazole rings is 1. The number of amides is 2. The summed E-state index contributed by atoms with van der Waals surface area (Å²) in [5.74, 6) is -3.29. The van der Waals surface area contributed by atoms with E-state index in [1.165, 1.54) is 45.7 Å². The van der Waals surface area contributed by atoms with Crippen LogP contribution in [0.4, 0.5) is 5.13 Å². The number of thioether (sulfide) groups is 2. The summed E-state index contributed by atoms with van der Waals surface area (Å²) in [6.07, 6.45) is 0. The van der Waals surface area contributed by atoms with Crippen molar-refractivity contribution in [1.82, 2.24) is 40.6 Å². The van der Waals surface area contributed by atoms with E-state index in [0.29, 0.717) is 10.7 Å². The van der Waals surface area contributed by atoms with Crippen molar-refractivity contribution >= 4 is 86.7 Å².